The summed E-state index contributed by atoms with van der Waals surface area (Å²) in [4.78, 5) is 13.7. The highest BCUT2D eigenvalue weighted by Crippen LogP contribution is 2.19. The van der Waals surface area contributed by atoms with Crippen molar-refractivity contribution in [3.8, 4) is 0 Å². The summed E-state index contributed by atoms with van der Waals surface area (Å²) >= 11 is 0. The quantitative estimate of drug-likeness (QED) is 0.889. The molecule has 1 aliphatic rings. The van der Waals surface area contributed by atoms with Gasteiger partial charge < -0.3 is 10.2 Å². The van der Waals surface area contributed by atoms with E-state index in [0.717, 1.165) is 25.1 Å². The molecule has 0 spiro atoms. The van der Waals surface area contributed by atoms with Crippen LogP contribution in [0.1, 0.15) is 16.8 Å². The molecule has 5 heteroatoms. The Balaban J connectivity index is 2.08. The van der Waals surface area contributed by atoms with Crippen molar-refractivity contribution in [1.29, 1.82) is 0 Å². The van der Waals surface area contributed by atoms with E-state index in [1.165, 1.54) is 6.07 Å². The van der Waals surface area contributed by atoms with Gasteiger partial charge in [-0.1, -0.05) is 0 Å². The lowest BCUT2D eigenvalue weighted by Gasteiger charge is -2.17. The first kappa shape index (κ1) is 13.0. The molecule has 0 bridgehead atoms. The molecule has 1 atom stereocenters. The number of hydrogen-bond acceptors (Lipinski definition) is 2. The number of amides is 1. The van der Waals surface area contributed by atoms with E-state index in [-0.39, 0.29) is 11.5 Å². The molecule has 3 nitrogen and oxygen atoms in total. The predicted octanol–water partition coefficient (Wildman–Crippen LogP) is 1.65. The van der Waals surface area contributed by atoms with Gasteiger partial charge in [0.2, 0.25) is 0 Å². The van der Waals surface area contributed by atoms with Gasteiger partial charge >= 0.3 is 0 Å². The van der Waals surface area contributed by atoms with Crippen LogP contribution in [0.4, 0.5) is 8.78 Å². The first-order valence-electron chi connectivity index (χ1n) is 6.00. The largest absolute Gasteiger partial charge is 0.338 e. The van der Waals surface area contributed by atoms with Crippen LogP contribution in [0.15, 0.2) is 18.2 Å². The van der Waals surface area contributed by atoms with E-state index in [9.17, 15) is 13.6 Å². The fraction of sp³-hybridized carbons (Fsp3) is 0.462. The average Bonchev–Trinajstić information content (AvgIpc) is 2.77. The lowest BCUT2D eigenvalue weighted by atomic mass is 10.1. The maximum atomic E-state index is 13.5. The van der Waals surface area contributed by atoms with Crippen molar-refractivity contribution in [2.75, 3.05) is 26.7 Å². The zero-order chi connectivity index (χ0) is 13.1. The topological polar surface area (TPSA) is 32.3 Å². The van der Waals surface area contributed by atoms with E-state index in [1.807, 2.05) is 7.05 Å². The SMILES string of the molecule is CNCC1CCN(C(=O)c2ccc(F)cc2F)C1. The van der Waals surface area contributed by atoms with Crippen molar-refractivity contribution in [1.82, 2.24) is 10.2 Å². The van der Waals surface area contributed by atoms with Crippen LogP contribution in [0, 0.1) is 17.6 Å². The Kier molecular flexibility index (Phi) is 3.91. The molecule has 98 valence electrons. The van der Waals surface area contributed by atoms with Gasteiger partial charge in [0.05, 0.1) is 5.56 Å². The van der Waals surface area contributed by atoms with Gasteiger partial charge in [-0.2, -0.15) is 0 Å². The van der Waals surface area contributed by atoms with Crippen LogP contribution in [0.3, 0.4) is 0 Å². The van der Waals surface area contributed by atoms with Gasteiger partial charge in [0.15, 0.2) is 0 Å². The second-order valence-electron chi connectivity index (χ2n) is 4.59. The molecule has 0 aliphatic carbocycles. The molecule has 1 fully saturated rings. The Hall–Kier alpha value is -1.49. The second-order valence-corrected chi connectivity index (χ2v) is 4.59. The third-order valence-electron chi connectivity index (χ3n) is 3.23. The van der Waals surface area contributed by atoms with Crippen molar-refractivity contribution < 1.29 is 13.6 Å². The number of carbonyl (C=O) groups is 1. The predicted molar refractivity (Wildman–Crippen MR) is 64.3 cm³/mol. The summed E-state index contributed by atoms with van der Waals surface area (Å²) in [5.74, 6) is -1.41. The Bertz CT molecular complexity index is 451. The Morgan fingerprint density at radius 1 is 1.50 bits per heavy atom. The van der Waals surface area contributed by atoms with Crippen molar-refractivity contribution in [2.45, 2.75) is 6.42 Å². The minimum Gasteiger partial charge on any atom is -0.338 e. The summed E-state index contributed by atoms with van der Waals surface area (Å²) in [7, 11) is 1.87. The molecule has 1 amide bonds. The zero-order valence-electron chi connectivity index (χ0n) is 10.2. The third kappa shape index (κ3) is 2.67. The summed E-state index contributed by atoms with van der Waals surface area (Å²) < 4.78 is 26.3. The lowest BCUT2D eigenvalue weighted by molar-refractivity contribution is 0.0782. The number of halogens is 2. The van der Waals surface area contributed by atoms with Gasteiger partial charge in [-0.25, -0.2) is 8.78 Å². The molecule has 1 aliphatic heterocycles. The van der Waals surface area contributed by atoms with Crippen molar-refractivity contribution >= 4 is 5.91 Å². The zero-order valence-corrected chi connectivity index (χ0v) is 10.2. The Morgan fingerprint density at radius 2 is 2.28 bits per heavy atom. The molecule has 1 saturated heterocycles. The van der Waals surface area contributed by atoms with E-state index >= 15 is 0 Å². The normalized spacial score (nSPS) is 19.3. The molecule has 0 saturated carbocycles. The molecule has 2 rings (SSSR count). The summed E-state index contributed by atoms with van der Waals surface area (Å²) in [5, 5.41) is 3.07. The van der Waals surface area contributed by atoms with Gasteiger partial charge in [0.25, 0.3) is 5.91 Å². The first-order valence-corrected chi connectivity index (χ1v) is 6.00. The van der Waals surface area contributed by atoms with Gasteiger partial charge in [0, 0.05) is 19.2 Å². The standard InChI is InChI=1S/C13H16F2N2O/c1-16-7-9-4-5-17(8-9)13(18)11-3-2-10(14)6-12(11)15/h2-3,6,9,16H,4-5,7-8H2,1H3. The van der Waals surface area contributed by atoms with E-state index in [2.05, 4.69) is 5.32 Å². The molecule has 1 heterocycles. The van der Waals surface area contributed by atoms with Crippen LogP contribution in [0.2, 0.25) is 0 Å². The minimum atomic E-state index is -0.794. The van der Waals surface area contributed by atoms with Crippen LogP contribution in [0.5, 0.6) is 0 Å². The molecule has 0 radical (unpaired) electrons. The van der Waals surface area contributed by atoms with Crippen LogP contribution in [0.25, 0.3) is 0 Å². The summed E-state index contributed by atoms with van der Waals surface area (Å²) in [6.07, 6.45) is 0.912. The Labute approximate surface area is 105 Å². The van der Waals surface area contributed by atoms with Crippen LogP contribution >= 0.6 is 0 Å². The van der Waals surface area contributed by atoms with Gasteiger partial charge in [-0.05, 0) is 38.1 Å². The first-order chi connectivity index (χ1) is 8.61. The molecule has 18 heavy (non-hydrogen) atoms. The highest BCUT2D eigenvalue weighted by Gasteiger charge is 2.27. The minimum absolute atomic E-state index is 0.0542. The molecule has 0 aromatic heterocycles. The smallest absolute Gasteiger partial charge is 0.256 e. The maximum absolute atomic E-state index is 13.5. The van der Waals surface area contributed by atoms with Gasteiger partial charge in [-0.15, -0.1) is 0 Å². The molecule has 1 aromatic carbocycles. The molecule has 1 N–H and O–H groups in total. The Morgan fingerprint density at radius 3 is 2.94 bits per heavy atom. The number of likely N-dealkylation sites (tertiary alicyclic amines) is 1. The van der Waals surface area contributed by atoms with E-state index in [0.29, 0.717) is 19.0 Å². The molecular weight excluding hydrogens is 238 g/mol. The summed E-state index contributed by atoms with van der Waals surface area (Å²) in [6.45, 7) is 2.09. The van der Waals surface area contributed by atoms with Crippen LogP contribution in [-0.4, -0.2) is 37.5 Å². The van der Waals surface area contributed by atoms with Crippen LogP contribution in [-0.2, 0) is 0 Å². The number of benzene rings is 1. The molecule has 1 unspecified atom stereocenters. The monoisotopic (exact) mass is 254 g/mol. The number of hydrogen-bond donors (Lipinski definition) is 1. The second kappa shape index (κ2) is 5.44. The lowest BCUT2D eigenvalue weighted by Crippen LogP contribution is -2.31. The number of nitrogens with one attached hydrogen (secondary N) is 1. The highest BCUT2D eigenvalue weighted by molar-refractivity contribution is 5.94. The van der Waals surface area contributed by atoms with E-state index in [1.54, 1.807) is 4.90 Å². The van der Waals surface area contributed by atoms with E-state index < -0.39 is 11.6 Å². The number of nitrogens with zero attached hydrogens (tertiary/aromatic N) is 1. The molecular formula is C13H16F2N2O. The summed E-state index contributed by atoms with van der Waals surface area (Å²) in [5.41, 5.74) is -0.0542. The number of carbonyl (C=O) groups excluding carboxylic acids is 1. The third-order valence-corrected chi connectivity index (χ3v) is 3.23. The van der Waals surface area contributed by atoms with Crippen molar-refractivity contribution in [3.05, 3.63) is 35.4 Å². The van der Waals surface area contributed by atoms with Crippen LogP contribution < -0.4 is 5.32 Å². The summed E-state index contributed by atoms with van der Waals surface area (Å²) in [6, 6.07) is 3.06. The molecule has 1 aromatic rings. The van der Waals surface area contributed by atoms with Gasteiger partial charge in [-0.3, -0.25) is 4.79 Å². The fourth-order valence-electron chi connectivity index (χ4n) is 2.31. The fourth-order valence-corrected chi connectivity index (χ4v) is 2.31. The van der Waals surface area contributed by atoms with Crippen molar-refractivity contribution in [2.24, 2.45) is 5.92 Å². The maximum Gasteiger partial charge on any atom is 0.256 e. The van der Waals surface area contributed by atoms with Crippen molar-refractivity contribution in [3.63, 3.8) is 0 Å². The highest BCUT2D eigenvalue weighted by atomic mass is 19.1. The van der Waals surface area contributed by atoms with E-state index in [4.69, 9.17) is 0 Å². The average molecular weight is 254 g/mol. The van der Waals surface area contributed by atoms with Gasteiger partial charge in [0.1, 0.15) is 11.6 Å². The number of rotatable bonds is 3.